The molecular formula is C14H20N2O. The van der Waals surface area contributed by atoms with Crippen LogP contribution in [-0.4, -0.2) is 38.0 Å². The molecule has 92 valence electrons. The van der Waals surface area contributed by atoms with Crippen LogP contribution in [0.1, 0.15) is 23.7 Å². The van der Waals surface area contributed by atoms with Gasteiger partial charge in [-0.2, -0.15) is 0 Å². The minimum atomic E-state index is 0.166. The monoisotopic (exact) mass is 232 g/mol. The van der Waals surface area contributed by atoms with Crippen LogP contribution < -0.4 is 4.90 Å². The van der Waals surface area contributed by atoms with Crippen LogP contribution in [0.2, 0.25) is 0 Å². The lowest BCUT2D eigenvalue weighted by Gasteiger charge is -2.17. The maximum atomic E-state index is 12.2. The normalized spacial score (nSPS) is 19.5. The predicted octanol–water partition coefficient (Wildman–Crippen LogP) is 2.23. The summed E-state index contributed by atoms with van der Waals surface area (Å²) >= 11 is 0. The Balaban J connectivity index is 2.09. The largest absolute Gasteiger partial charge is 0.378 e. The van der Waals surface area contributed by atoms with Crippen LogP contribution >= 0.6 is 0 Å². The van der Waals surface area contributed by atoms with Crippen molar-refractivity contribution in [1.29, 1.82) is 0 Å². The van der Waals surface area contributed by atoms with Crippen molar-refractivity contribution in [3.63, 3.8) is 0 Å². The van der Waals surface area contributed by atoms with Crippen LogP contribution in [0, 0.1) is 5.92 Å². The lowest BCUT2D eigenvalue weighted by molar-refractivity contribution is 0.0788. The van der Waals surface area contributed by atoms with E-state index in [9.17, 15) is 4.79 Å². The fraction of sp³-hybridized carbons (Fsp3) is 0.500. The van der Waals surface area contributed by atoms with Gasteiger partial charge in [0.15, 0.2) is 0 Å². The van der Waals surface area contributed by atoms with E-state index in [2.05, 4.69) is 6.92 Å². The average Bonchev–Trinajstić information content (AvgIpc) is 2.75. The molecule has 0 spiro atoms. The highest BCUT2D eigenvalue weighted by atomic mass is 16.2. The molecule has 1 aromatic rings. The van der Waals surface area contributed by atoms with Crippen LogP contribution in [0.3, 0.4) is 0 Å². The molecule has 1 aliphatic heterocycles. The van der Waals surface area contributed by atoms with E-state index >= 15 is 0 Å². The Kier molecular flexibility index (Phi) is 3.36. The lowest BCUT2D eigenvalue weighted by Crippen LogP contribution is -2.28. The zero-order valence-corrected chi connectivity index (χ0v) is 10.8. The van der Waals surface area contributed by atoms with E-state index in [1.165, 1.54) is 0 Å². The first-order chi connectivity index (χ1) is 8.08. The van der Waals surface area contributed by atoms with Gasteiger partial charge in [-0.3, -0.25) is 4.79 Å². The number of hydrogen-bond acceptors (Lipinski definition) is 2. The van der Waals surface area contributed by atoms with Gasteiger partial charge in [0.1, 0.15) is 0 Å². The fourth-order valence-corrected chi connectivity index (χ4v) is 2.20. The number of rotatable bonds is 2. The van der Waals surface area contributed by atoms with Gasteiger partial charge >= 0.3 is 0 Å². The summed E-state index contributed by atoms with van der Waals surface area (Å²) in [5.74, 6) is 0.805. The van der Waals surface area contributed by atoms with Crippen LogP contribution in [0.4, 0.5) is 5.69 Å². The molecule has 3 heteroatoms. The second-order valence-electron chi connectivity index (χ2n) is 5.09. The summed E-state index contributed by atoms with van der Waals surface area (Å²) in [4.78, 5) is 16.2. The second-order valence-corrected chi connectivity index (χ2v) is 5.09. The summed E-state index contributed by atoms with van der Waals surface area (Å²) in [5, 5.41) is 0. The van der Waals surface area contributed by atoms with Gasteiger partial charge in [-0.15, -0.1) is 0 Å². The number of amides is 1. The first-order valence-corrected chi connectivity index (χ1v) is 6.14. The molecule has 17 heavy (non-hydrogen) atoms. The van der Waals surface area contributed by atoms with Crippen molar-refractivity contribution in [3.05, 3.63) is 29.8 Å². The summed E-state index contributed by atoms with van der Waals surface area (Å²) in [7, 11) is 4.00. The van der Waals surface area contributed by atoms with Crippen molar-refractivity contribution in [1.82, 2.24) is 4.90 Å². The van der Waals surface area contributed by atoms with Crippen LogP contribution in [0.5, 0.6) is 0 Å². The molecule has 1 aliphatic rings. The SMILES string of the molecule is C[C@H]1CCN(C(=O)c2ccc(N(C)C)cc2)C1. The first kappa shape index (κ1) is 12.0. The van der Waals surface area contributed by atoms with Gasteiger partial charge in [-0.25, -0.2) is 0 Å². The van der Waals surface area contributed by atoms with Crippen molar-refractivity contribution < 1.29 is 4.79 Å². The zero-order valence-electron chi connectivity index (χ0n) is 10.8. The number of hydrogen-bond donors (Lipinski definition) is 0. The van der Waals surface area contributed by atoms with Crippen molar-refractivity contribution in [2.75, 3.05) is 32.1 Å². The lowest BCUT2D eigenvalue weighted by atomic mass is 10.1. The van der Waals surface area contributed by atoms with Gasteiger partial charge in [0.05, 0.1) is 0 Å². The Labute approximate surface area is 103 Å². The summed E-state index contributed by atoms with van der Waals surface area (Å²) in [6, 6.07) is 7.82. The van der Waals surface area contributed by atoms with E-state index in [1.54, 1.807) is 0 Å². The molecule has 0 saturated carbocycles. The topological polar surface area (TPSA) is 23.6 Å². The maximum absolute atomic E-state index is 12.2. The summed E-state index contributed by atoms with van der Waals surface area (Å²) in [6.07, 6.45) is 1.13. The minimum absolute atomic E-state index is 0.166. The molecule has 2 rings (SSSR count). The third kappa shape index (κ3) is 2.60. The molecule has 0 bridgehead atoms. The summed E-state index contributed by atoms with van der Waals surface area (Å²) < 4.78 is 0. The van der Waals surface area contributed by atoms with E-state index in [0.717, 1.165) is 30.8 Å². The smallest absolute Gasteiger partial charge is 0.253 e. The highest BCUT2D eigenvalue weighted by Gasteiger charge is 2.23. The van der Waals surface area contributed by atoms with Gasteiger partial charge in [0.2, 0.25) is 0 Å². The summed E-state index contributed by atoms with van der Waals surface area (Å²) in [6.45, 7) is 3.99. The molecule has 0 aromatic heterocycles. The number of anilines is 1. The van der Waals surface area contributed by atoms with Crippen LogP contribution in [-0.2, 0) is 0 Å². The molecular weight excluding hydrogens is 212 g/mol. The third-order valence-corrected chi connectivity index (χ3v) is 3.34. The van der Waals surface area contributed by atoms with Crippen molar-refractivity contribution in [3.8, 4) is 0 Å². The summed E-state index contributed by atoms with van der Waals surface area (Å²) in [5.41, 5.74) is 1.92. The van der Waals surface area contributed by atoms with E-state index in [-0.39, 0.29) is 5.91 Å². The van der Waals surface area contributed by atoms with Gasteiger partial charge < -0.3 is 9.80 Å². The molecule has 1 fully saturated rings. The average molecular weight is 232 g/mol. The van der Waals surface area contributed by atoms with Crippen molar-refractivity contribution >= 4 is 11.6 Å². The predicted molar refractivity (Wildman–Crippen MR) is 70.5 cm³/mol. The fourth-order valence-electron chi connectivity index (χ4n) is 2.20. The molecule has 1 aromatic carbocycles. The third-order valence-electron chi connectivity index (χ3n) is 3.34. The Morgan fingerprint density at radius 2 is 1.94 bits per heavy atom. The van der Waals surface area contributed by atoms with E-state index in [0.29, 0.717) is 5.92 Å². The van der Waals surface area contributed by atoms with Crippen molar-refractivity contribution in [2.24, 2.45) is 5.92 Å². The molecule has 1 heterocycles. The number of likely N-dealkylation sites (tertiary alicyclic amines) is 1. The standard InChI is InChI=1S/C14H20N2O/c1-11-8-9-16(10-11)14(17)12-4-6-13(7-5-12)15(2)3/h4-7,11H,8-10H2,1-3H3/t11-/m0/s1. The minimum Gasteiger partial charge on any atom is -0.378 e. The molecule has 3 nitrogen and oxygen atoms in total. The van der Waals surface area contributed by atoms with Gasteiger partial charge in [0, 0.05) is 38.4 Å². The Hall–Kier alpha value is -1.51. The molecule has 1 atom stereocenters. The van der Waals surface area contributed by atoms with Crippen molar-refractivity contribution in [2.45, 2.75) is 13.3 Å². The first-order valence-electron chi connectivity index (χ1n) is 6.14. The van der Waals surface area contributed by atoms with Gasteiger partial charge in [-0.05, 0) is 36.6 Å². The number of carbonyl (C=O) groups excluding carboxylic acids is 1. The second kappa shape index (κ2) is 4.78. The van der Waals surface area contributed by atoms with E-state index < -0.39 is 0 Å². The zero-order chi connectivity index (χ0) is 12.4. The molecule has 0 unspecified atom stereocenters. The van der Waals surface area contributed by atoms with Crippen LogP contribution in [0.15, 0.2) is 24.3 Å². The number of nitrogens with zero attached hydrogens (tertiary/aromatic N) is 2. The molecule has 0 aliphatic carbocycles. The van der Waals surface area contributed by atoms with Crippen LogP contribution in [0.25, 0.3) is 0 Å². The maximum Gasteiger partial charge on any atom is 0.253 e. The quantitative estimate of drug-likeness (QED) is 0.780. The van der Waals surface area contributed by atoms with Gasteiger partial charge in [-0.1, -0.05) is 6.92 Å². The highest BCUT2D eigenvalue weighted by Crippen LogP contribution is 2.19. The number of benzene rings is 1. The molecule has 0 N–H and O–H groups in total. The molecule has 1 amide bonds. The van der Waals surface area contributed by atoms with E-state index in [4.69, 9.17) is 0 Å². The highest BCUT2D eigenvalue weighted by molar-refractivity contribution is 5.94. The molecule has 1 saturated heterocycles. The van der Waals surface area contributed by atoms with Gasteiger partial charge in [0.25, 0.3) is 5.91 Å². The number of carbonyl (C=O) groups is 1. The van der Waals surface area contributed by atoms with E-state index in [1.807, 2.05) is 48.2 Å². The molecule has 0 radical (unpaired) electrons. The Morgan fingerprint density at radius 3 is 2.41 bits per heavy atom. The Morgan fingerprint density at radius 1 is 1.29 bits per heavy atom. The Bertz CT molecular complexity index is 397.